The molecule has 128 valence electrons. The number of piperazine rings is 2. The first kappa shape index (κ1) is 17.5. The summed E-state index contributed by atoms with van der Waals surface area (Å²) >= 11 is 0. The monoisotopic (exact) mass is 314 g/mol. The summed E-state index contributed by atoms with van der Waals surface area (Å²) in [6, 6.07) is 0.473. The van der Waals surface area contributed by atoms with Crippen LogP contribution < -0.4 is 10.6 Å². The van der Waals surface area contributed by atoms with Crippen LogP contribution in [-0.4, -0.2) is 93.6 Å². The second kappa shape index (κ2) is 9.29. The summed E-state index contributed by atoms with van der Waals surface area (Å²) < 4.78 is 10.5. The van der Waals surface area contributed by atoms with Crippen molar-refractivity contribution in [3.8, 4) is 0 Å². The van der Waals surface area contributed by atoms with Gasteiger partial charge in [-0.05, 0) is 13.8 Å². The molecule has 2 aliphatic rings. The second-order valence-corrected chi connectivity index (χ2v) is 6.14. The van der Waals surface area contributed by atoms with Gasteiger partial charge in [-0.25, -0.2) is 4.79 Å². The summed E-state index contributed by atoms with van der Waals surface area (Å²) in [5.74, 6) is 0. The fourth-order valence-electron chi connectivity index (χ4n) is 2.88. The predicted octanol–water partition coefficient (Wildman–Crippen LogP) is -0.273. The molecule has 2 heterocycles. The lowest BCUT2D eigenvalue weighted by atomic mass is 10.2. The first-order valence-electron chi connectivity index (χ1n) is 8.36. The van der Waals surface area contributed by atoms with Gasteiger partial charge >= 0.3 is 6.16 Å². The maximum Gasteiger partial charge on any atom is 0.508 e. The lowest BCUT2D eigenvalue weighted by Crippen LogP contribution is -2.49. The largest absolute Gasteiger partial charge is 0.508 e. The van der Waals surface area contributed by atoms with Crippen molar-refractivity contribution < 1.29 is 14.3 Å². The van der Waals surface area contributed by atoms with Crippen molar-refractivity contribution in [2.75, 3.05) is 65.6 Å². The van der Waals surface area contributed by atoms with Crippen molar-refractivity contribution in [3.05, 3.63) is 0 Å². The fraction of sp³-hybridized carbons (Fsp3) is 0.933. The molecule has 2 unspecified atom stereocenters. The molecule has 0 aromatic carbocycles. The highest BCUT2D eigenvalue weighted by Crippen LogP contribution is 2.04. The van der Waals surface area contributed by atoms with Gasteiger partial charge in [-0.3, -0.25) is 9.80 Å². The van der Waals surface area contributed by atoms with E-state index >= 15 is 0 Å². The molecule has 2 fully saturated rings. The normalized spacial score (nSPS) is 23.7. The Hall–Kier alpha value is -0.890. The van der Waals surface area contributed by atoms with Crippen LogP contribution in [0.1, 0.15) is 13.8 Å². The Labute approximate surface area is 133 Å². The van der Waals surface area contributed by atoms with Gasteiger partial charge in [0.05, 0.1) is 0 Å². The van der Waals surface area contributed by atoms with Crippen LogP contribution >= 0.6 is 0 Å². The number of hydrogen-bond donors (Lipinski definition) is 2. The summed E-state index contributed by atoms with van der Waals surface area (Å²) in [5.41, 5.74) is 0. The average molecular weight is 314 g/mol. The molecule has 0 radical (unpaired) electrons. The summed E-state index contributed by atoms with van der Waals surface area (Å²) in [7, 11) is 0. The molecule has 0 aromatic rings. The number of carbonyl (C=O) groups excluding carboxylic acids is 1. The van der Waals surface area contributed by atoms with Crippen LogP contribution in [-0.2, 0) is 9.47 Å². The van der Waals surface area contributed by atoms with Gasteiger partial charge in [-0.15, -0.1) is 0 Å². The van der Waals surface area contributed by atoms with Gasteiger partial charge in [-0.2, -0.15) is 0 Å². The van der Waals surface area contributed by atoms with E-state index in [9.17, 15) is 4.79 Å². The lowest BCUT2D eigenvalue weighted by Gasteiger charge is -2.33. The first-order valence-corrected chi connectivity index (χ1v) is 8.36. The first-order chi connectivity index (χ1) is 10.7. The van der Waals surface area contributed by atoms with Gasteiger partial charge in [0.1, 0.15) is 13.2 Å². The van der Waals surface area contributed by atoms with Crippen molar-refractivity contribution in [3.63, 3.8) is 0 Å². The van der Waals surface area contributed by atoms with Gasteiger partial charge in [0.15, 0.2) is 0 Å². The third-order valence-electron chi connectivity index (χ3n) is 4.43. The smallest absolute Gasteiger partial charge is 0.433 e. The third-order valence-corrected chi connectivity index (χ3v) is 4.43. The fourth-order valence-corrected chi connectivity index (χ4v) is 2.88. The second-order valence-electron chi connectivity index (χ2n) is 6.14. The van der Waals surface area contributed by atoms with E-state index in [1.165, 1.54) is 0 Å². The Morgan fingerprint density at radius 3 is 1.59 bits per heavy atom. The number of hydrogen-bond acceptors (Lipinski definition) is 7. The van der Waals surface area contributed by atoms with E-state index in [0.717, 1.165) is 52.4 Å². The summed E-state index contributed by atoms with van der Waals surface area (Å²) in [6.45, 7) is 12.9. The minimum absolute atomic E-state index is 0.236. The summed E-state index contributed by atoms with van der Waals surface area (Å²) in [5, 5.41) is 6.63. The molecule has 2 atom stereocenters. The van der Waals surface area contributed by atoms with Gasteiger partial charge in [0.2, 0.25) is 0 Å². The van der Waals surface area contributed by atoms with Crippen LogP contribution in [0.3, 0.4) is 0 Å². The van der Waals surface area contributed by atoms with Crippen molar-refractivity contribution in [2.24, 2.45) is 0 Å². The van der Waals surface area contributed by atoms with E-state index in [2.05, 4.69) is 34.3 Å². The van der Waals surface area contributed by atoms with E-state index in [1.54, 1.807) is 0 Å². The van der Waals surface area contributed by atoms with Crippen LogP contribution in [0, 0.1) is 0 Å². The molecule has 7 nitrogen and oxygen atoms in total. The van der Waals surface area contributed by atoms with Gasteiger partial charge in [-0.1, -0.05) is 0 Å². The zero-order valence-electron chi connectivity index (χ0n) is 13.8. The molecule has 2 rings (SSSR count). The van der Waals surface area contributed by atoms with Gasteiger partial charge in [0.25, 0.3) is 0 Å². The van der Waals surface area contributed by atoms with Gasteiger partial charge < -0.3 is 20.1 Å². The number of nitrogens with zero attached hydrogens (tertiary/aromatic N) is 2. The Morgan fingerprint density at radius 2 is 1.23 bits per heavy atom. The zero-order chi connectivity index (χ0) is 15.8. The third kappa shape index (κ3) is 5.72. The van der Waals surface area contributed by atoms with E-state index in [0.29, 0.717) is 13.2 Å². The quantitative estimate of drug-likeness (QED) is 0.654. The van der Waals surface area contributed by atoms with Crippen LogP contribution in [0.25, 0.3) is 0 Å². The highest BCUT2D eigenvalue weighted by atomic mass is 16.7. The molecular weight excluding hydrogens is 284 g/mol. The molecule has 0 aliphatic carbocycles. The van der Waals surface area contributed by atoms with Crippen LogP contribution in [0.2, 0.25) is 0 Å². The Morgan fingerprint density at radius 1 is 0.864 bits per heavy atom. The average Bonchev–Trinajstić information content (AvgIpc) is 2.59. The van der Waals surface area contributed by atoms with Gasteiger partial charge in [0, 0.05) is 64.4 Å². The molecule has 2 saturated heterocycles. The van der Waals surface area contributed by atoms with Crippen molar-refractivity contribution in [1.82, 2.24) is 20.4 Å². The predicted molar refractivity (Wildman–Crippen MR) is 85.1 cm³/mol. The Bertz CT molecular complexity index is 301. The number of rotatable bonds is 6. The number of nitrogens with one attached hydrogen (secondary N) is 2. The molecular formula is C15H30N4O3. The molecule has 7 heteroatoms. The number of ether oxygens (including phenoxy) is 2. The zero-order valence-corrected chi connectivity index (χ0v) is 13.8. The lowest BCUT2D eigenvalue weighted by molar-refractivity contribution is 0.0164. The molecule has 0 amide bonds. The Kier molecular flexibility index (Phi) is 7.38. The molecule has 2 N–H and O–H groups in total. The van der Waals surface area contributed by atoms with Crippen LogP contribution in [0.5, 0.6) is 0 Å². The van der Waals surface area contributed by atoms with E-state index in [4.69, 9.17) is 9.47 Å². The minimum atomic E-state index is -0.552. The van der Waals surface area contributed by atoms with Crippen molar-refractivity contribution in [1.29, 1.82) is 0 Å². The molecule has 0 aromatic heterocycles. The van der Waals surface area contributed by atoms with E-state index < -0.39 is 6.16 Å². The standard InChI is InChI=1S/C15H30N4O3/c1-13(18-7-3-16-4-8-18)11-21-15(20)22-12-14(2)19-9-5-17-6-10-19/h13-14,16-17H,3-12H2,1-2H3. The van der Waals surface area contributed by atoms with Crippen molar-refractivity contribution >= 4 is 6.16 Å². The molecule has 2 aliphatic heterocycles. The van der Waals surface area contributed by atoms with Crippen LogP contribution in [0.4, 0.5) is 4.79 Å². The molecule has 0 saturated carbocycles. The highest BCUT2D eigenvalue weighted by Gasteiger charge is 2.20. The Balaban J connectivity index is 1.58. The van der Waals surface area contributed by atoms with Crippen molar-refractivity contribution in [2.45, 2.75) is 25.9 Å². The summed E-state index contributed by atoms with van der Waals surface area (Å²) in [4.78, 5) is 16.4. The summed E-state index contributed by atoms with van der Waals surface area (Å²) in [6.07, 6.45) is -0.552. The SMILES string of the molecule is CC(COC(=O)OCC(C)N1CCNCC1)N1CCNCC1. The van der Waals surface area contributed by atoms with E-state index in [1.807, 2.05) is 0 Å². The maximum absolute atomic E-state index is 11.7. The molecule has 0 bridgehead atoms. The molecule has 22 heavy (non-hydrogen) atoms. The van der Waals surface area contributed by atoms with E-state index in [-0.39, 0.29) is 12.1 Å². The van der Waals surface area contributed by atoms with Crippen LogP contribution in [0.15, 0.2) is 0 Å². The minimum Gasteiger partial charge on any atom is -0.433 e. The molecule has 0 spiro atoms. The maximum atomic E-state index is 11.7. The topological polar surface area (TPSA) is 66.1 Å². The highest BCUT2D eigenvalue weighted by molar-refractivity contribution is 5.59. The number of carbonyl (C=O) groups is 1.